The normalized spacial score (nSPS) is 14.5. The smallest absolute Gasteiger partial charge is 0.242 e. The fraction of sp³-hybridized carbons (Fsp3) is 0.214. The van der Waals surface area contributed by atoms with Gasteiger partial charge in [-0.25, -0.2) is 22.5 Å². The number of hydrogen-bond donors (Lipinski definition) is 2. The lowest BCUT2D eigenvalue weighted by Crippen LogP contribution is -2.38. The highest BCUT2D eigenvalue weighted by Gasteiger charge is 2.26. The minimum atomic E-state index is -3.83. The first-order chi connectivity index (χ1) is 10.2. The number of aromatic nitrogens is 1. The highest BCUT2D eigenvalue weighted by Crippen LogP contribution is 2.21. The Morgan fingerprint density at radius 2 is 1.91 bits per heavy atom. The summed E-state index contributed by atoms with van der Waals surface area (Å²) in [6.07, 6.45) is 1.12. The van der Waals surface area contributed by atoms with E-state index in [4.69, 9.17) is 11.6 Å². The molecule has 118 valence electrons. The molecule has 0 aliphatic carbocycles. The molecule has 2 aromatic rings. The van der Waals surface area contributed by atoms with Gasteiger partial charge in [0.15, 0.2) is 0 Å². The van der Waals surface area contributed by atoms with Crippen LogP contribution in [0.2, 0.25) is 5.15 Å². The SMILES string of the molecule is CC(O)(CNS(=O)(=O)c1ccc(Cl)nc1)c1ccc(F)cc1. The van der Waals surface area contributed by atoms with E-state index in [1.54, 1.807) is 0 Å². The molecule has 0 radical (unpaired) electrons. The number of benzene rings is 1. The second kappa shape index (κ2) is 6.29. The van der Waals surface area contributed by atoms with Crippen LogP contribution in [0.1, 0.15) is 12.5 Å². The van der Waals surface area contributed by atoms with Crippen molar-refractivity contribution in [3.63, 3.8) is 0 Å². The van der Waals surface area contributed by atoms with Crippen LogP contribution in [0.25, 0.3) is 0 Å². The standard InChI is InChI=1S/C14H14ClFN2O3S/c1-14(19,10-2-4-11(16)5-3-10)9-18-22(20,21)12-6-7-13(15)17-8-12/h2-8,18-19H,9H2,1H3. The molecule has 1 heterocycles. The minimum absolute atomic E-state index is 0.0631. The van der Waals surface area contributed by atoms with Gasteiger partial charge in [0.2, 0.25) is 10.0 Å². The van der Waals surface area contributed by atoms with Crippen molar-refractivity contribution in [1.82, 2.24) is 9.71 Å². The predicted molar refractivity (Wildman–Crippen MR) is 80.4 cm³/mol. The second-order valence-electron chi connectivity index (χ2n) is 4.92. The average molecular weight is 345 g/mol. The molecule has 0 aliphatic rings. The van der Waals surface area contributed by atoms with Crippen LogP contribution in [-0.2, 0) is 15.6 Å². The molecule has 2 rings (SSSR count). The van der Waals surface area contributed by atoms with E-state index in [9.17, 15) is 17.9 Å². The van der Waals surface area contributed by atoms with Crippen molar-refractivity contribution < 1.29 is 17.9 Å². The number of aliphatic hydroxyl groups is 1. The van der Waals surface area contributed by atoms with Gasteiger partial charge in [-0.2, -0.15) is 0 Å². The molecule has 1 atom stereocenters. The summed E-state index contributed by atoms with van der Waals surface area (Å²) in [6, 6.07) is 7.85. The first-order valence-corrected chi connectivity index (χ1v) is 8.16. The Morgan fingerprint density at radius 3 is 2.45 bits per heavy atom. The minimum Gasteiger partial charge on any atom is -0.384 e. The lowest BCUT2D eigenvalue weighted by molar-refractivity contribution is 0.0627. The van der Waals surface area contributed by atoms with Crippen LogP contribution < -0.4 is 4.72 Å². The van der Waals surface area contributed by atoms with Gasteiger partial charge in [0, 0.05) is 12.7 Å². The zero-order valence-electron chi connectivity index (χ0n) is 11.6. The molecular formula is C14H14ClFN2O3S. The van der Waals surface area contributed by atoms with E-state index in [0.717, 1.165) is 6.20 Å². The third-order valence-corrected chi connectivity index (χ3v) is 4.69. The van der Waals surface area contributed by atoms with E-state index in [1.165, 1.54) is 43.3 Å². The molecule has 0 aliphatic heterocycles. The van der Waals surface area contributed by atoms with Gasteiger partial charge in [0.25, 0.3) is 0 Å². The Hall–Kier alpha value is -1.54. The summed E-state index contributed by atoms with van der Waals surface area (Å²) < 4.78 is 39.4. The maximum atomic E-state index is 12.9. The maximum absolute atomic E-state index is 12.9. The van der Waals surface area contributed by atoms with Crippen molar-refractivity contribution in [2.45, 2.75) is 17.4 Å². The molecule has 5 nitrogen and oxygen atoms in total. The third-order valence-electron chi connectivity index (χ3n) is 3.08. The number of halogens is 2. The fourth-order valence-electron chi connectivity index (χ4n) is 1.75. The van der Waals surface area contributed by atoms with Crippen molar-refractivity contribution in [3.8, 4) is 0 Å². The zero-order valence-corrected chi connectivity index (χ0v) is 13.2. The van der Waals surface area contributed by atoms with Gasteiger partial charge in [0.05, 0.1) is 0 Å². The molecule has 1 unspecified atom stereocenters. The van der Waals surface area contributed by atoms with Crippen LogP contribution >= 0.6 is 11.6 Å². The quantitative estimate of drug-likeness (QED) is 0.814. The number of sulfonamides is 1. The van der Waals surface area contributed by atoms with Crippen molar-refractivity contribution in [1.29, 1.82) is 0 Å². The summed E-state index contributed by atoms with van der Waals surface area (Å²) in [5, 5.41) is 10.5. The first-order valence-electron chi connectivity index (χ1n) is 6.30. The van der Waals surface area contributed by atoms with Crippen molar-refractivity contribution in [3.05, 3.63) is 59.1 Å². The van der Waals surface area contributed by atoms with Crippen LogP contribution in [0.3, 0.4) is 0 Å². The fourth-order valence-corrected chi connectivity index (χ4v) is 2.94. The van der Waals surface area contributed by atoms with Crippen molar-refractivity contribution in [2.75, 3.05) is 6.54 Å². The Labute approximate surface area is 132 Å². The van der Waals surface area contributed by atoms with Crippen LogP contribution in [0.4, 0.5) is 4.39 Å². The van der Waals surface area contributed by atoms with Crippen LogP contribution in [0.5, 0.6) is 0 Å². The summed E-state index contributed by atoms with van der Waals surface area (Å²) in [6.45, 7) is 1.16. The van der Waals surface area contributed by atoms with E-state index in [-0.39, 0.29) is 16.6 Å². The largest absolute Gasteiger partial charge is 0.384 e. The number of nitrogens with one attached hydrogen (secondary N) is 1. The van der Waals surface area contributed by atoms with Crippen molar-refractivity contribution in [2.24, 2.45) is 0 Å². The lowest BCUT2D eigenvalue weighted by Gasteiger charge is -2.24. The first kappa shape index (κ1) is 16.8. The van der Waals surface area contributed by atoms with E-state index < -0.39 is 21.4 Å². The molecule has 0 bridgehead atoms. The van der Waals surface area contributed by atoms with Gasteiger partial charge in [-0.15, -0.1) is 0 Å². The van der Waals surface area contributed by atoms with Gasteiger partial charge in [0.1, 0.15) is 21.5 Å². The molecule has 0 amide bonds. The van der Waals surface area contributed by atoms with Gasteiger partial charge < -0.3 is 5.11 Å². The van der Waals surface area contributed by atoms with Gasteiger partial charge in [-0.1, -0.05) is 23.7 Å². The predicted octanol–water partition coefficient (Wildman–Crippen LogP) is 2.06. The lowest BCUT2D eigenvalue weighted by atomic mass is 9.96. The molecule has 2 N–H and O–H groups in total. The summed E-state index contributed by atoms with van der Waals surface area (Å²) in [7, 11) is -3.83. The summed E-state index contributed by atoms with van der Waals surface area (Å²) in [4.78, 5) is 3.64. The Morgan fingerprint density at radius 1 is 1.27 bits per heavy atom. The topological polar surface area (TPSA) is 79.3 Å². The van der Waals surface area contributed by atoms with E-state index in [2.05, 4.69) is 9.71 Å². The zero-order chi connectivity index (χ0) is 16.4. The highest BCUT2D eigenvalue weighted by molar-refractivity contribution is 7.89. The van der Waals surface area contributed by atoms with Crippen molar-refractivity contribution >= 4 is 21.6 Å². The number of hydrogen-bond acceptors (Lipinski definition) is 4. The molecule has 0 fully saturated rings. The summed E-state index contributed by atoms with van der Waals surface area (Å²) >= 11 is 5.61. The Kier molecular flexibility index (Phi) is 4.81. The molecule has 0 saturated heterocycles. The van der Waals surface area contributed by atoms with E-state index in [0.29, 0.717) is 5.56 Å². The Bertz CT molecular complexity index is 747. The summed E-state index contributed by atoms with van der Waals surface area (Å²) in [5.41, 5.74) is -1.09. The monoisotopic (exact) mass is 344 g/mol. The molecule has 22 heavy (non-hydrogen) atoms. The van der Waals surface area contributed by atoms with E-state index >= 15 is 0 Å². The molecular weight excluding hydrogens is 331 g/mol. The molecule has 1 aromatic carbocycles. The van der Waals surface area contributed by atoms with E-state index in [1.807, 2.05) is 0 Å². The van der Waals surface area contributed by atoms with Crippen LogP contribution in [-0.4, -0.2) is 25.1 Å². The summed E-state index contributed by atoms with van der Waals surface area (Å²) in [5.74, 6) is -0.438. The van der Waals surface area contributed by atoms with Gasteiger partial charge >= 0.3 is 0 Å². The number of nitrogens with zero attached hydrogens (tertiary/aromatic N) is 1. The van der Waals surface area contributed by atoms with Gasteiger partial charge in [-0.05, 0) is 36.8 Å². The van der Waals surface area contributed by atoms with Crippen LogP contribution in [0.15, 0.2) is 47.5 Å². The second-order valence-corrected chi connectivity index (χ2v) is 7.08. The average Bonchev–Trinajstić information content (AvgIpc) is 2.46. The number of rotatable bonds is 5. The highest BCUT2D eigenvalue weighted by atomic mass is 35.5. The molecule has 8 heteroatoms. The molecule has 0 spiro atoms. The maximum Gasteiger partial charge on any atom is 0.242 e. The molecule has 1 aromatic heterocycles. The number of pyridine rings is 1. The van der Waals surface area contributed by atoms with Crippen LogP contribution in [0, 0.1) is 5.82 Å². The molecule has 0 saturated carbocycles. The third kappa shape index (κ3) is 4.01. The Balaban J connectivity index is 2.13. The van der Waals surface area contributed by atoms with Gasteiger partial charge in [-0.3, -0.25) is 0 Å².